The second kappa shape index (κ2) is 29.4. The second-order valence-corrected chi connectivity index (χ2v) is 26.3. The Morgan fingerprint density at radius 3 is 1.41 bits per heavy atom. The Kier molecular flexibility index (Phi) is 24.2. The van der Waals surface area contributed by atoms with Gasteiger partial charge in [0.1, 0.15) is 24.2 Å². The van der Waals surface area contributed by atoms with Crippen molar-refractivity contribution in [1.82, 2.24) is 50.2 Å². The van der Waals surface area contributed by atoms with E-state index in [0.29, 0.717) is 32.6 Å². The van der Waals surface area contributed by atoms with Crippen molar-refractivity contribution < 1.29 is 38.3 Å². The maximum absolute atomic E-state index is 14.2. The number of piperidine rings is 2. The number of hydrogen-bond acceptors (Lipinski definition) is 12. The molecular weight excluding hydrogens is 1000 g/mol. The van der Waals surface area contributed by atoms with Crippen LogP contribution in [0.15, 0.2) is 30.3 Å². The molecule has 18 nitrogen and oxygen atoms in total. The largest absolute Gasteiger partial charge is 0.468 e. The van der Waals surface area contributed by atoms with E-state index in [4.69, 9.17) is 4.74 Å². The molecule has 5 saturated heterocycles. The van der Waals surface area contributed by atoms with Gasteiger partial charge in [-0.2, -0.15) is 0 Å². The van der Waals surface area contributed by atoms with Gasteiger partial charge in [-0.05, 0) is 133 Å². The van der Waals surface area contributed by atoms with Crippen LogP contribution in [0.5, 0.6) is 0 Å². The summed E-state index contributed by atoms with van der Waals surface area (Å²) in [5.74, 6) is -0.291. The van der Waals surface area contributed by atoms with Crippen LogP contribution in [0.2, 0.25) is 0 Å². The Hall–Kier alpha value is -4.65. The number of ether oxygens (including phenoxy) is 1. The number of likely N-dealkylation sites (N-methyl/N-ethyl adjacent to an activating group) is 4. The summed E-state index contributed by atoms with van der Waals surface area (Å²) < 4.78 is 4.99. The lowest BCUT2D eigenvalue weighted by atomic mass is 9.84. The van der Waals surface area contributed by atoms with E-state index in [1.807, 2.05) is 100 Å². The van der Waals surface area contributed by atoms with E-state index in [1.54, 1.807) is 14.7 Å². The summed E-state index contributed by atoms with van der Waals surface area (Å²) >= 11 is 0. The highest BCUT2D eigenvalue weighted by Gasteiger charge is 2.45. The quantitative estimate of drug-likeness (QED) is 0.151. The Balaban J connectivity index is 0.000000308. The molecule has 79 heavy (non-hydrogen) atoms. The molecule has 3 unspecified atom stereocenters. The zero-order valence-corrected chi connectivity index (χ0v) is 51.3. The average molecular weight is 1110 g/mol. The summed E-state index contributed by atoms with van der Waals surface area (Å²) in [5, 5.41) is 9.28. The number of methoxy groups -OCH3 is 1. The molecule has 3 N–H and O–H groups in total. The van der Waals surface area contributed by atoms with Crippen LogP contribution in [0, 0.1) is 22.7 Å². The topological polar surface area (TPSA) is 187 Å². The number of carbonyl (C=O) groups is 7. The number of likely N-dealkylation sites (tertiary alicyclic amines) is 5. The number of amides is 6. The molecule has 5 heterocycles. The third-order valence-corrected chi connectivity index (χ3v) is 17.7. The van der Waals surface area contributed by atoms with Crippen LogP contribution in [0.4, 0.5) is 0 Å². The first kappa shape index (κ1) is 65.2. The zero-order valence-electron chi connectivity index (χ0n) is 51.3. The van der Waals surface area contributed by atoms with Crippen LogP contribution >= 0.6 is 0 Å². The van der Waals surface area contributed by atoms with Crippen molar-refractivity contribution in [2.24, 2.45) is 22.7 Å². The fourth-order valence-corrected chi connectivity index (χ4v) is 12.5. The van der Waals surface area contributed by atoms with Crippen LogP contribution in [0.25, 0.3) is 0 Å². The van der Waals surface area contributed by atoms with Gasteiger partial charge >= 0.3 is 5.97 Å². The molecular formula is C61H104N10O8. The predicted molar refractivity (Wildman–Crippen MR) is 310 cm³/mol. The van der Waals surface area contributed by atoms with E-state index < -0.39 is 29.0 Å². The molecule has 1 aromatic carbocycles. The first-order valence-electron chi connectivity index (χ1n) is 29.9. The number of esters is 1. The number of hydrogen-bond donors (Lipinski definition) is 3. The molecule has 9 atom stereocenters. The maximum Gasteiger partial charge on any atom is 0.323 e. The molecule has 446 valence electrons. The average Bonchev–Trinajstić information content (AvgIpc) is 4.22. The van der Waals surface area contributed by atoms with Crippen molar-refractivity contribution in [1.29, 1.82) is 0 Å². The van der Waals surface area contributed by atoms with Gasteiger partial charge in [-0.3, -0.25) is 53.2 Å². The number of benzene rings is 1. The first-order chi connectivity index (χ1) is 37.2. The highest BCUT2D eigenvalue weighted by molar-refractivity contribution is 5.92. The van der Waals surface area contributed by atoms with Gasteiger partial charge in [0.05, 0.1) is 25.2 Å². The second-order valence-electron chi connectivity index (χ2n) is 26.3. The van der Waals surface area contributed by atoms with Crippen molar-refractivity contribution >= 4 is 41.4 Å². The first-order valence-corrected chi connectivity index (χ1v) is 29.9. The van der Waals surface area contributed by atoms with Crippen molar-refractivity contribution in [3.05, 3.63) is 35.9 Å². The van der Waals surface area contributed by atoms with Gasteiger partial charge in [0.25, 0.3) is 0 Å². The van der Waals surface area contributed by atoms with Crippen molar-refractivity contribution in [3.8, 4) is 0 Å². The summed E-state index contributed by atoms with van der Waals surface area (Å²) in [7, 11) is 9.05. The SMILES string of the molecule is CC(C)[C@@H](CN1CCC[C@H]1C(=O)N1CCCC1C(=O)NCc1ccccc1)N(C)C(=O)C(NC(=O)[C@H]1CCCCN1C)C(C)(C)C.COC(=O)[C@@H]1CCCN1C[C@H](C(C)C)N(C)C(=O)C(NC(=O)[C@H]1CCCCN1C)C(C)(C)C. The number of nitrogens with one attached hydrogen (secondary N) is 3. The van der Waals surface area contributed by atoms with E-state index >= 15 is 0 Å². The molecule has 0 bridgehead atoms. The van der Waals surface area contributed by atoms with Crippen LogP contribution in [-0.2, 0) is 44.8 Å². The van der Waals surface area contributed by atoms with E-state index in [-0.39, 0.29) is 89.5 Å². The van der Waals surface area contributed by atoms with E-state index in [9.17, 15) is 33.6 Å². The number of carbonyl (C=O) groups excluding carboxylic acids is 7. The van der Waals surface area contributed by atoms with Gasteiger partial charge in [-0.15, -0.1) is 0 Å². The standard InChI is InChI=1S/C36H58N6O4.C25H46N4O4/c1-25(2)30(40(7)35(46)31(36(3,4)5)38-33(44)27-17-11-12-20-39(27)6)24-41-21-13-19-29(41)34(45)42-22-14-18-28(42)32(43)37-23-26-15-9-8-10-16-26;1-17(2)20(16-29-15-11-13-19(29)24(32)33-8)28(7)23(31)21(25(3,4)5)26-22(30)18-12-9-10-14-27(18)6/h8-10,15-16,25,27-31H,11-14,17-24H2,1-7H3,(H,37,43)(H,38,44);17-21H,9-16H2,1-8H3,(H,26,30)/t27-,28?,29+,30-,31?;18-,19+,20-,21?/m11/s1. The van der Waals surface area contributed by atoms with Gasteiger partial charge < -0.3 is 35.4 Å². The van der Waals surface area contributed by atoms with Crippen LogP contribution < -0.4 is 16.0 Å². The molecule has 0 aromatic heterocycles. The Morgan fingerprint density at radius 1 is 0.557 bits per heavy atom. The summed E-state index contributed by atoms with van der Waals surface area (Å²) in [5.41, 5.74) is 0.118. The molecule has 18 heteroatoms. The number of nitrogens with zero attached hydrogens (tertiary/aromatic N) is 7. The lowest BCUT2D eigenvalue weighted by molar-refractivity contribution is -0.147. The van der Waals surface area contributed by atoms with Gasteiger partial charge in [0.15, 0.2) is 0 Å². The summed E-state index contributed by atoms with van der Waals surface area (Å²) in [6.45, 7) is 25.9. The Bertz CT molecular complexity index is 2180. The van der Waals surface area contributed by atoms with Crippen LogP contribution in [0.1, 0.15) is 152 Å². The van der Waals surface area contributed by atoms with Gasteiger partial charge in [0.2, 0.25) is 35.4 Å². The molecule has 5 aliphatic rings. The molecule has 0 radical (unpaired) electrons. The molecule has 1 aromatic rings. The highest BCUT2D eigenvalue weighted by Crippen LogP contribution is 2.30. The fraction of sp³-hybridized carbons (Fsp3) is 0.787. The van der Waals surface area contributed by atoms with Crippen molar-refractivity contribution in [2.45, 2.75) is 207 Å². The monoisotopic (exact) mass is 1100 g/mol. The molecule has 6 rings (SSSR count). The van der Waals surface area contributed by atoms with Gasteiger partial charge in [-0.1, -0.05) is 112 Å². The predicted octanol–water partition coefficient (Wildman–Crippen LogP) is 5.38. The van der Waals surface area contributed by atoms with Crippen molar-refractivity contribution in [2.75, 3.05) is 81.1 Å². The maximum atomic E-state index is 14.2. The van der Waals surface area contributed by atoms with Crippen LogP contribution in [0.3, 0.4) is 0 Å². The Labute approximate surface area is 475 Å². The minimum Gasteiger partial charge on any atom is -0.468 e. The minimum atomic E-state index is -0.669. The van der Waals surface area contributed by atoms with Crippen molar-refractivity contribution in [3.63, 3.8) is 0 Å². The lowest BCUT2D eigenvalue weighted by Gasteiger charge is -2.41. The van der Waals surface area contributed by atoms with E-state index in [1.165, 1.54) is 7.11 Å². The number of rotatable bonds is 19. The molecule has 6 amide bonds. The van der Waals surface area contributed by atoms with Gasteiger partial charge in [0, 0.05) is 52.4 Å². The highest BCUT2D eigenvalue weighted by atomic mass is 16.5. The molecule has 0 aliphatic carbocycles. The smallest absolute Gasteiger partial charge is 0.323 e. The molecule has 5 fully saturated rings. The summed E-state index contributed by atoms with van der Waals surface area (Å²) in [6.07, 6.45) is 10.7. The summed E-state index contributed by atoms with van der Waals surface area (Å²) in [6, 6.07) is 6.86. The lowest BCUT2D eigenvalue weighted by Crippen LogP contribution is -2.61. The molecule has 0 spiro atoms. The van der Waals surface area contributed by atoms with E-state index in [0.717, 1.165) is 102 Å². The normalized spacial score (nSPS) is 24.2. The zero-order chi connectivity index (χ0) is 58.5. The van der Waals surface area contributed by atoms with Crippen LogP contribution in [-0.4, -0.2) is 211 Å². The van der Waals surface area contributed by atoms with Gasteiger partial charge in [-0.25, -0.2) is 0 Å². The third-order valence-electron chi connectivity index (χ3n) is 17.7. The summed E-state index contributed by atoms with van der Waals surface area (Å²) in [4.78, 5) is 108. The van der Waals surface area contributed by atoms with E-state index in [2.05, 4.69) is 63.2 Å². The third kappa shape index (κ3) is 17.4. The Morgan fingerprint density at radius 2 is 0.975 bits per heavy atom. The molecule has 0 saturated carbocycles. The molecule has 5 aliphatic heterocycles. The minimum absolute atomic E-state index is 0.0165. The fourth-order valence-electron chi connectivity index (χ4n) is 12.5.